The molecule has 0 spiro atoms. The molecule has 1 fully saturated rings. The Morgan fingerprint density at radius 1 is 1.07 bits per heavy atom. The zero-order chi connectivity index (χ0) is 21.3. The van der Waals surface area contributed by atoms with Crippen molar-refractivity contribution in [3.63, 3.8) is 0 Å². The van der Waals surface area contributed by atoms with Crippen LogP contribution in [0.25, 0.3) is 0 Å². The van der Waals surface area contributed by atoms with Crippen molar-refractivity contribution < 1.29 is 4.79 Å². The summed E-state index contributed by atoms with van der Waals surface area (Å²) in [5.74, 6) is 0.109. The SMILES string of the molecule is CCC[C@H](NC(=O)[C@@H](C)N1CCN(Cc2ccc(C#N)cc2)CC1)c1ccccc1. The van der Waals surface area contributed by atoms with Crippen LogP contribution < -0.4 is 5.32 Å². The average Bonchev–Trinajstić information content (AvgIpc) is 2.80. The molecule has 158 valence electrons. The van der Waals surface area contributed by atoms with Crippen LogP contribution in [0.2, 0.25) is 0 Å². The number of benzene rings is 2. The van der Waals surface area contributed by atoms with Crippen molar-refractivity contribution in [3.8, 4) is 6.07 Å². The van der Waals surface area contributed by atoms with E-state index in [4.69, 9.17) is 5.26 Å². The van der Waals surface area contributed by atoms with Gasteiger partial charge in [0.15, 0.2) is 0 Å². The van der Waals surface area contributed by atoms with Crippen LogP contribution in [0.3, 0.4) is 0 Å². The number of rotatable bonds is 8. The molecule has 1 saturated heterocycles. The Hall–Kier alpha value is -2.68. The summed E-state index contributed by atoms with van der Waals surface area (Å²) in [6.07, 6.45) is 1.98. The second-order valence-corrected chi connectivity index (χ2v) is 8.06. The third-order valence-electron chi connectivity index (χ3n) is 5.92. The number of hydrogen-bond donors (Lipinski definition) is 1. The smallest absolute Gasteiger partial charge is 0.237 e. The number of amides is 1. The summed E-state index contributed by atoms with van der Waals surface area (Å²) in [5.41, 5.74) is 3.09. The van der Waals surface area contributed by atoms with E-state index in [1.807, 2.05) is 49.4 Å². The molecule has 0 aliphatic carbocycles. The number of hydrogen-bond acceptors (Lipinski definition) is 4. The van der Waals surface area contributed by atoms with Crippen LogP contribution in [0.4, 0.5) is 0 Å². The Balaban J connectivity index is 1.50. The molecule has 30 heavy (non-hydrogen) atoms. The number of carbonyl (C=O) groups excluding carboxylic acids is 1. The van der Waals surface area contributed by atoms with Gasteiger partial charge in [0.25, 0.3) is 0 Å². The molecule has 2 aromatic carbocycles. The van der Waals surface area contributed by atoms with Crippen LogP contribution >= 0.6 is 0 Å². The Kier molecular flexibility index (Phi) is 8.01. The summed E-state index contributed by atoms with van der Waals surface area (Å²) in [6, 6.07) is 20.1. The molecular formula is C25H32N4O. The van der Waals surface area contributed by atoms with Gasteiger partial charge in [-0.2, -0.15) is 5.26 Å². The maximum absolute atomic E-state index is 12.9. The monoisotopic (exact) mass is 404 g/mol. The Morgan fingerprint density at radius 2 is 1.73 bits per heavy atom. The van der Waals surface area contributed by atoms with Gasteiger partial charge in [-0.25, -0.2) is 0 Å². The van der Waals surface area contributed by atoms with E-state index < -0.39 is 0 Å². The van der Waals surface area contributed by atoms with Gasteiger partial charge in [0.1, 0.15) is 0 Å². The van der Waals surface area contributed by atoms with E-state index in [0.717, 1.165) is 45.6 Å². The zero-order valence-electron chi connectivity index (χ0n) is 18.1. The van der Waals surface area contributed by atoms with Crippen molar-refractivity contribution in [1.29, 1.82) is 5.26 Å². The van der Waals surface area contributed by atoms with E-state index in [1.54, 1.807) is 0 Å². The number of carbonyl (C=O) groups is 1. The van der Waals surface area contributed by atoms with E-state index in [-0.39, 0.29) is 18.0 Å². The van der Waals surface area contributed by atoms with Gasteiger partial charge in [-0.15, -0.1) is 0 Å². The Morgan fingerprint density at radius 3 is 2.33 bits per heavy atom. The van der Waals surface area contributed by atoms with Crippen molar-refractivity contribution in [3.05, 3.63) is 71.3 Å². The summed E-state index contributed by atoms with van der Waals surface area (Å²) in [5, 5.41) is 12.2. The molecule has 1 heterocycles. The minimum atomic E-state index is -0.134. The predicted octanol–water partition coefficient (Wildman–Crippen LogP) is 3.72. The highest BCUT2D eigenvalue weighted by atomic mass is 16.2. The number of nitrogens with zero attached hydrogens (tertiary/aromatic N) is 3. The minimum absolute atomic E-state index is 0.0730. The van der Waals surface area contributed by atoms with Gasteiger partial charge in [0.2, 0.25) is 5.91 Å². The molecule has 0 unspecified atom stereocenters. The molecule has 0 bridgehead atoms. The topological polar surface area (TPSA) is 59.4 Å². The van der Waals surface area contributed by atoms with Gasteiger partial charge in [-0.05, 0) is 36.6 Å². The second kappa shape index (κ2) is 10.9. The van der Waals surface area contributed by atoms with Crippen molar-refractivity contribution in [2.75, 3.05) is 26.2 Å². The van der Waals surface area contributed by atoms with Gasteiger partial charge in [0.05, 0.1) is 23.7 Å². The van der Waals surface area contributed by atoms with Crippen LogP contribution in [0.15, 0.2) is 54.6 Å². The molecule has 1 amide bonds. The highest BCUT2D eigenvalue weighted by molar-refractivity contribution is 5.81. The lowest BCUT2D eigenvalue weighted by molar-refractivity contribution is -0.127. The lowest BCUT2D eigenvalue weighted by atomic mass is 10.0. The molecule has 5 nitrogen and oxygen atoms in total. The Labute approximate surface area is 180 Å². The van der Waals surface area contributed by atoms with E-state index in [0.29, 0.717) is 5.56 Å². The number of nitriles is 1. The summed E-state index contributed by atoms with van der Waals surface area (Å²) in [4.78, 5) is 17.6. The normalized spacial score (nSPS) is 17.1. The molecule has 5 heteroatoms. The van der Waals surface area contributed by atoms with Crippen LogP contribution in [0.1, 0.15) is 49.4 Å². The molecule has 1 aliphatic heterocycles. The van der Waals surface area contributed by atoms with Gasteiger partial charge in [-0.3, -0.25) is 14.6 Å². The molecular weight excluding hydrogens is 372 g/mol. The average molecular weight is 405 g/mol. The molecule has 0 aromatic heterocycles. The maximum atomic E-state index is 12.9. The van der Waals surface area contributed by atoms with Crippen molar-refractivity contribution in [1.82, 2.24) is 15.1 Å². The fourth-order valence-electron chi connectivity index (χ4n) is 4.01. The van der Waals surface area contributed by atoms with Crippen molar-refractivity contribution in [2.24, 2.45) is 0 Å². The lowest BCUT2D eigenvalue weighted by Gasteiger charge is -2.38. The molecule has 1 aliphatic rings. The van der Waals surface area contributed by atoms with Gasteiger partial charge in [0, 0.05) is 32.7 Å². The molecule has 2 atom stereocenters. The summed E-state index contributed by atoms with van der Waals surface area (Å²) in [7, 11) is 0. The van der Waals surface area contributed by atoms with Crippen LogP contribution in [0, 0.1) is 11.3 Å². The summed E-state index contributed by atoms with van der Waals surface area (Å²) >= 11 is 0. The first kappa shape index (κ1) is 22.0. The predicted molar refractivity (Wildman–Crippen MR) is 120 cm³/mol. The molecule has 3 rings (SSSR count). The molecule has 2 aromatic rings. The van der Waals surface area contributed by atoms with E-state index >= 15 is 0 Å². The third kappa shape index (κ3) is 5.91. The fourth-order valence-corrected chi connectivity index (χ4v) is 4.01. The third-order valence-corrected chi connectivity index (χ3v) is 5.92. The zero-order valence-corrected chi connectivity index (χ0v) is 18.1. The molecule has 0 saturated carbocycles. The van der Waals surface area contributed by atoms with Crippen LogP contribution in [-0.2, 0) is 11.3 Å². The fraction of sp³-hybridized carbons (Fsp3) is 0.440. The van der Waals surface area contributed by atoms with Crippen LogP contribution in [-0.4, -0.2) is 47.9 Å². The molecule has 0 radical (unpaired) electrons. The lowest BCUT2D eigenvalue weighted by Crippen LogP contribution is -2.53. The van der Waals surface area contributed by atoms with Gasteiger partial charge in [-0.1, -0.05) is 55.8 Å². The van der Waals surface area contributed by atoms with E-state index in [9.17, 15) is 4.79 Å². The first-order valence-electron chi connectivity index (χ1n) is 10.9. The highest BCUT2D eigenvalue weighted by Crippen LogP contribution is 2.19. The van der Waals surface area contributed by atoms with E-state index in [1.165, 1.54) is 11.1 Å². The first-order chi connectivity index (χ1) is 14.6. The number of piperazine rings is 1. The van der Waals surface area contributed by atoms with E-state index in [2.05, 4.69) is 40.2 Å². The maximum Gasteiger partial charge on any atom is 0.237 e. The second-order valence-electron chi connectivity index (χ2n) is 8.06. The largest absolute Gasteiger partial charge is 0.348 e. The Bertz CT molecular complexity index is 836. The first-order valence-corrected chi connectivity index (χ1v) is 10.9. The van der Waals surface area contributed by atoms with Crippen molar-refractivity contribution in [2.45, 2.75) is 45.3 Å². The standard InChI is InChI=1S/C25H32N4O/c1-3-7-24(23-8-5-4-6-9-23)27-25(30)20(2)29-16-14-28(15-17-29)19-22-12-10-21(18-26)11-13-22/h4-6,8-13,20,24H,3,7,14-17,19H2,1-2H3,(H,27,30)/t20-,24+/m1/s1. The minimum Gasteiger partial charge on any atom is -0.348 e. The number of nitrogens with one attached hydrogen (secondary N) is 1. The summed E-state index contributed by atoms with van der Waals surface area (Å²) < 4.78 is 0. The molecule has 1 N–H and O–H groups in total. The highest BCUT2D eigenvalue weighted by Gasteiger charge is 2.27. The van der Waals surface area contributed by atoms with Crippen LogP contribution in [0.5, 0.6) is 0 Å². The quantitative estimate of drug-likeness (QED) is 0.728. The van der Waals surface area contributed by atoms with Gasteiger partial charge >= 0.3 is 0 Å². The van der Waals surface area contributed by atoms with Crippen molar-refractivity contribution >= 4 is 5.91 Å². The summed E-state index contributed by atoms with van der Waals surface area (Å²) in [6.45, 7) is 8.69. The van der Waals surface area contributed by atoms with Gasteiger partial charge < -0.3 is 5.32 Å².